The van der Waals surface area contributed by atoms with Gasteiger partial charge in [0.2, 0.25) is 0 Å². The van der Waals surface area contributed by atoms with Crippen LogP contribution in [-0.2, 0) is 4.74 Å². The third-order valence-electron chi connectivity index (χ3n) is 1.56. The van der Waals surface area contributed by atoms with Gasteiger partial charge in [0.25, 0.3) is 0 Å². The molecule has 0 amide bonds. The number of carbonyl (C=O) groups is 1. The van der Waals surface area contributed by atoms with Gasteiger partial charge in [0.1, 0.15) is 5.75 Å². The molecular weight excluding hydrogens is 170 g/mol. The Balaban J connectivity index is 2.90. The molecule has 0 unspecified atom stereocenters. The summed E-state index contributed by atoms with van der Waals surface area (Å²) in [6.07, 6.45) is 1.43. The van der Waals surface area contributed by atoms with Gasteiger partial charge in [-0.3, -0.25) is 0 Å². The Hall–Kier alpha value is -1.58. The summed E-state index contributed by atoms with van der Waals surface area (Å²) in [6.45, 7) is 3.72. The highest BCUT2D eigenvalue weighted by Gasteiger charge is 2.09. The summed E-state index contributed by atoms with van der Waals surface area (Å²) in [5.74, 6) is -0.462. The Morgan fingerprint density at radius 1 is 1.69 bits per heavy atom. The maximum atomic E-state index is 11.1. The molecule has 0 atom stereocenters. The van der Waals surface area contributed by atoms with Crippen LogP contribution >= 0.6 is 0 Å². The average molecular weight is 181 g/mol. The summed E-state index contributed by atoms with van der Waals surface area (Å²) in [5.41, 5.74) is 0.762. The van der Waals surface area contributed by atoms with E-state index >= 15 is 0 Å². The predicted molar refractivity (Wildman–Crippen MR) is 46.6 cm³/mol. The Kier molecular flexibility index (Phi) is 2.84. The van der Waals surface area contributed by atoms with Crippen molar-refractivity contribution in [1.29, 1.82) is 0 Å². The number of rotatable bonds is 2. The fourth-order valence-corrected chi connectivity index (χ4v) is 0.830. The fraction of sp³-hybridized carbons (Fsp3) is 0.333. The Morgan fingerprint density at radius 2 is 2.38 bits per heavy atom. The number of nitrogens with zero attached hydrogens (tertiary/aromatic N) is 1. The van der Waals surface area contributed by atoms with E-state index < -0.39 is 5.97 Å². The van der Waals surface area contributed by atoms with Gasteiger partial charge in [0.05, 0.1) is 6.61 Å². The number of aromatic hydroxyl groups is 1. The lowest BCUT2D eigenvalue weighted by Gasteiger charge is -2.02. The van der Waals surface area contributed by atoms with Crippen LogP contribution in [0.15, 0.2) is 12.3 Å². The van der Waals surface area contributed by atoms with Crippen LogP contribution in [0.1, 0.15) is 23.0 Å². The average Bonchev–Trinajstić information content (AvgIpc) is 2.10. The number of aryl methyl sites for hydroxylation is 1. The van der Waals surface area contributed by atoms with Crippen molar-refractivity contribution in [3.63, 3.8) is 0 Å². The topological polar surface area (TPSA) is 59.4 Å². The van der Waals surface area contributed by atoms with Gasteiger partial charge >= 0.3 is 5.97 Å². The van der Waals surface area contributed by atoms with Gasteiger partial charge in [-0.05, 0) is 13.8 Å². The largest absolute Gasteiger partial charge is 0.508 e. The number of carbonyl (C=O) groups excluding carboxylic acids is 1. The molecule has 0 spiro atoms. The second-order valence-corrected chi connectivity index (χ2v) is 2.58. The number of pyridine rings is 1. The molecule has 0 aliphatic rings. The van der Waals surface area contributed by atoms with Crippen molar-refractivity contribution in [3.8, 4) is 5.75 Å². The summed E-state index contributed by atoms with van der Waals surface area (Å²) < 4.78 is 4.71. The molecule has 4 nitrogen and oxygen atoms in total. The molecular formula is C9H11NO3. The molecule has 4 heteroatoms. The van der Waals surface area contributed by atoms with Crippen molar-refractivity contribution in [2.45, 2.75) is 13.8 Å². The Labute approximate surface area is 76.2 Å². The lowest BCUT2D eigenvalue weighted by Crippen LogP contribution is -2.06. The van der Waals surface area contributed by atoms with Crippen LogP contribution in [0.4, 0.5) is 0 Å². The molecule has 0 aromatic carbocycles. The molecule has 0 fully saturated rings. The number of aromatic nitrogens is 1. The number of hydrogen-bond donors (Lipinski definition) is 1. The van der Waals surface area contributed by atoms with Crippen LogP contribution in [-0.4, -0.2) is 22.7 Å². The van der Waals surface area contributed by atoms with E-state index in [-0.39, 0.29) is 11.4 Å². The quantitative estimate of drug-likeness (QED) is 0.698. The maximum Gasteiger partial charge on any atom is 0.357 e. The van der Waals surface area contributed by atoms with Gasteiger partial charge < -0.3 is 9.84 Å². The second-order valence-electron chi connectivity index (χ2n) is 2.58. The van der Waals surface area contributed by atoms with E-state index in [9.17, 15) is 9.90 Å². The zero-order chi connectivity index (χ0) is 9.84. The van der Waals surface area contributed by atoms with E-state index in [0.717, 1.165) is 0 Å². The normalized spacial score (nSPS) is 9.69. The number of esters is 1. The third-order valence-corrected chi connectivity index (χ3v) is 1.56. The first kappa shape index (κ1) is 9.51. The Morgan fingerprint density at radius 3 is 2.92 bits per heavy atom. The van der Waals surface area contributed by atoms with Gasteiger partial charge in [-0.25, -0.2) is 9.78 Å². The first-order valence-electron chi connectivity index (χ1n) is 3.98. The molecule has 0 radical (unpaired) electrons. The van der Waals surface area contributed by atoms with Crippen LogP contribution in [0, 0.1) is 6.92 Å². The molecule has 70 valence electrons. The molecule has 1 N–H and O–H groups in total. The standard InChI is InChI=1S/C9H11NO3/c1-3-13-9(12)7-4-8(11)6(2)5-10-7/h4-5H,3H2,1-2H3,(H,10,11). The van der Waals surface area contributed by atoms with Gasteiger partial charge in [-0.2, -0.15) is 0 Å². The van der Waals surface area contributed by atoms with Crippen molar-refractivity contribution in [2.24, 2.45) is 0 Å². The first-order chi connectivity index (χ1) is 6.15. The minimum Gasteiger partial charge on any atom is -0.508 e. The number of ether oxygens (including phenoxy) is 1. The fourth-order valence-electron chi connectivity index (χ4n) is 0.830. The lowest BCUT2D eigenvalue weighted by molar-refractivity contribution is 0.0519. The van der Waals surface area contributed by atoms with Crippen LogP contribution < -0.4 is 0 Å². The number of hydrogen-bond acceptors (Lipinski definition) is 4. The summed E-state index contributed by atoms with van der Waals surface area (Å²) in [5, 5.41) is 9.27. The molecule has 0 saturated carbocycles. The predicted octanol–water partition coefficient (Wildman–Crippen LogP) is 1.27. The zero-order valence-electron chi connectivity index (χ0n) is 7.57. The summed E-state index contributed by atoms with van der Waals surface area (Å²) in [4.78, 5) is 14.9. The van der Waals surface area contributed by atoms with Gasteiger partial charge in [-0.15, -0.1) is 0 Å². The van der Waals surface area contributed by atoms with Crippen LogP contribution in [0.3, 0.4) is 0 Å². The molecule has 0 aliphatic heterocycles. The molecule has 1 rings (SSSR count). The molecule has 0 aliphatic carbocycles. The van der Waals surface area contributed by atoms with E-state index in [1.54, 1.807) is 13.8 Å². The molecule has 0 saturated heterocycles. The van der Waals surface area contributed by atoms with E-state index in [1.807, 2.05) is 0 Å². The molecule has 1 aromatic rings. The van der Waals surface area contributed by atoms with Crippen LogP contribution in [0.25, 0.3) is 0 Å². The minimum atomic E-state index is -0.516. The SMILES string of the molecule is CCOC(=O)c1cc(O)c(C)cn1. The van der Waals surface area contributed by atoms with E-state index in [0.29, 0.717) is 12.2 Å². The minimum absolute atomic E-state index is 0.0538. The third kappa shape index (κ3) is 2.18. The highest BCUT2D eigenvalue weighted by atomic mass is 16.5. The van der Waals surface area contributed by atoms with Crippen LogP contribution in [0.5, 0.6) is 5.75 Å². The maximum absolute atomic E-state index is 11.1. The van der Waals surface area contributed by atoms with Gasteiger partial charge in [-0.1, -0.05) is 0 Å². The molecule has 1 aromatic heterocycles. The van der Waals surface area contributed by atoms with E-state index in [1.165, 1.54) is 12.3 Å². The van der Waals surface area contributed by atoms with Crippen molar-refractivity contribution < 1.29 is 14.6 Å². The summed E-state index contributed by atoms with van der Waals surface area (Å²) in [6, 6.07) is 1.30. The van der Waals surface area contributed by atoms with Crippen molar-refractivity contribution >= 4 is 5.97 Å². The molecule has 0 bridgehead atoms. The highest BCUT2D eigenvalue weighted by molar-refractivity contribution is 5.87. The van der Waals surface area contributed by atoms with Crippen LogP contribution in [0.2, 0.25) is 0 Å². The van der Waals surface area contributed by atoms with Crippen molar-refractivity contribution in [3.05, 3.63) is 23.5 Å². The van der Waals surface area contributed by atoms with Gasteiger partial charge in [0, 0.05) is 17.8 Å². The van der Waals surface area contributed by atoms with Gasteiger partial charge in [0.15, 0.2) is 5.69 Å². The van der Waals surface area contributed by atoms with Crippen molar-refractivity contribution in [1.82, 2.24) is 4.98 Å². The van der Waals surface area contributed by atoms with Crippen molar-refractivity contribution in [2.75, 3.05) is 6.61 Å². The highest BCUT2D eigenvalue weighted by Crippen LogP contribution is 2.15. The van der Waals surface area contributed by atoms with E-state index in [4.69, 9.17) is 4.74 Å². The summed E-state index contributed by atoms with van der Waals surface area (Å²) in [7, 11) is 0. The van der Waals surface area contributed by atoms with E-state index in [2.05, 4.69) is 4.98 Å². The smallest absolute Gasteiger partial charge is 0.357 e. The Bertz CT molecular complexity index is 323. The monoisotopic (exact) mass is 181 g/mol. The lowest BCUT2D eigenvalue weighted by atomic mass is 10.2. The molecule has 13 heavy (non-hydrogen) atoms. The molecule has 1 heterocycles. The first-order valence-corrected chi connectivity index (χ1v) is 3.98. The zero-order valence-corrected chi connectivity index (χ0v) is 7.57. The summed E-state index contributed by atoms with van der Waals surface area (Å²) >= 11 is 0. The second kappa shape index (κ2) is 3.89.